The number of amides is 1. The van der Waals surface area contributed by atoms with Crippen molar-refractivity contribution in [1.82, 2.24) is 10.2 Å². The number of ether oxygens (including phenoxy) is 2. The van der Waals surface area contributed by atoms with E-state index in [1.54, 1.807) is 0 Å². The Bertz CT molecular complexity index is 627. The molecular weight excluding hydrogens is 314 g/mol. The van der Waals surface area contributed by atoms with Crippen LogP contribution in [0.3, 0.4) is 0 Å². The van der Waals surface area contributed by atoms with Gasteiger partial charge in [-0.3, -0.25) is 4.79 Å². The average molecular weight is 333 g/mol. The summed E-state index contributed by atoms with van der Waals surface area (Å²) < 4.78 is 11.1. The molecule has 1 amide bonds. The maximum Gasteiger partial charge on any atom is 0.226 e. The predicted octanol–water partition coefficient (Wildman–Crippen LogP) is 3.19. The van der Waals surface area contributed by atoms with Gasteiger partial charge in [0.05, 0.1) is 6.61 Å². The standard InChI is InChI=1S/C16H19N3O3S/c20-14(9-5-10-21-12-6-2-1-3-7-12)17-16-19-18-15(23-16)13-8-4-11-22-13/h1-3,6-7,13H,4-5,8-11H2,(H,17,19,20)/t13-/m0/s1. The lowest BCUT2D eigenvalue weighted by molar-refractivity contribution is -0.116. The van der Waals surface area contributed by atoms with Crippen molar-refractivity contribution in [3.05, 3.63) is 35.3 Å². The van der Waals surface area contributed by atoms with Crippen molar-refractivity contribution in [2.24, 2.45) is 0 Å². The fourth-order valence-corrected chi connectivity index (χ4v) is 3.15. The zero-order chi connectivity index (χ0) is 15.9. The van der Waals surface area contributed by atoms with Crippen LogP contribution >= 0.6 is 11.3 Å². The van der Waals surface area contributed by atoms with Gasteiger partial charge in [-0.05, 0) is 31.4 Å². The normalized spacial score (nSPS) is 17.1. The van der Waals surface area contributed by atoms with Gasteiger partial charge in [-0.25, -0.2) is 0 Å². The lowest BCUT2D eigenvalue weighted by Crippen LogP contribution is -2.12. The molecule has 1 aliphatic heterocycles. The van der Waals surface area contributed by atoms with E-state index < -0.39 is 0 Å². The first-order chi connectivity index (χ1) is 11.3. The monoisotopic (exact) mass is 333 g/mol. The average Bonchev–Trinajstić information content (AvgIpc) is 3.24. The number of carbonyl (C=O) groups excluding carboxylic acids is 1. The summed E-state index contributed by atoms with van der Waals surface area (Å²) in [6.07, 6.45) is 3.10. The van der Waals surface area contributed by atoms with Gasteiger partial charge < -0.3 is 14.8 Å². The third kappa shape index (κ3) is 4.74. The number of nitrogens with zero attached hydrogens (tertiary/aromatic N) is 2. The minimum absolute atomic E-state index is 0.0393. The number of hydrogen-bond acceptors (Lipinski definition) is 6. The molecule has 0 radical (unpaired) electrons. The van der Waals surface area contributed by atoms with Crippen LogP contribution in [0.25, 0.3) is 0 Å². The molecule has 2 heterocycles. The van der Waals surface area contributed by atoms with Crippen molar-refractivity contribution in [2.75, 3.05) is 18.5 Å². The van der Waals surface area contributed by atoms with Gasteiger partial charge >= 0.3 is 0 Å². The smallest absolute Gasteiger partial charge is 0.226 e. The Hall–Kier alpha value is -1.99. The van der Waals surface area contributed by atoms with Crippen LogP contribution in [0.15, 0.2) is 30.3 Å². The second kappa shape index (κ2) is 8.03. The van der Waals surface area contributed by atoms with E-state index in [1.165, 1.54) is 11.3 Å². The third-order valence-electron chi connectivity index (χ3n) is 3.45. The molecule has 23 heavy (non-hydrogen) atoms. The van der Waals surface area contributed by atoms with E-state index >= 15 is 0 Å². The summed E-state index contributed by atoms with van der Waals surface area (Å²) in [6.45, 7) is 1.28. The zero-order valence-corrected chi connectivity index (χ0v) is 13.6. The number of hydrogen-bond donors (Lipinski definition) is 1. The highest BCUT2D eigenvalue weighted by atomic mass is 32.1. The highest BCUT2D eigenvalue weighted by Gasteiger charge is 2.22. The van der Waals surface area contributed by atoms with E-state index in [-0.39, 0.29) is 12.0 Å². The lowest BCUT2D eigenvalue weighted by atomic mass is 10.2. The summed E-state index contributed by atoms with van der Waals surface area (Å²) in [5.41, 5.74) is 0. The molecule has 6 nitrogen and oxygen atoms in total. The Morgan fingerprint density at radius 3 is 3.00 bits per heavy atom. The maximum absolute atomic E-state index is 11.9. The quantitative estimate of drug-likeness (QED) is 0.788. The number of rotatable bonds is 7. The number of benzene rings is 1. The van der Waals surface area contributed by atoms with E-state index in [2.05, 4.69) is 15.5 Å². The van der Waals surface area contributed by atoms with Gasteiger partial charge in [0.1, 0.15) is 16.9 Å². The molecule has 3 rings (SSSR count). The van der Waals surface area contributed by atoms with Gasteiger partial charge in [-0.15, -0.1) is 10.2 Å². The molecule has 1 aromatic carbocycles. The molecule has 0 spiro atoms. The Balaban J connectivity index is 1.37. The van der Waals surface area contributed by atoms with Crippen LogP contribution in [0.1, 0.15) is 36.8 Å². The van der Waals surface area contributed by atoms with Gasteiger partial charge in [-0.2, -0.15) is 0 Å². The van der Waals surface area contributed by atoms with Crippen LogP contribution in [0, 0.1) is 0 Å². The first kappa shape index (κ1) is 15.9. The third-order valence-corrected chi connectivity index (χ3v) is 4.38. The summed E-state index contributed by atoms with van der Waals surface area (Å²) in [4.78, 5) is 11.9. The van der Waals surface area contributed by atoms with E-state index in [0.29, 0.717) is 24.6 Å². The highest BCUT2D eigenvalue weighted by Crippen LogP contribution is 2.31. The van der Waals surface area contributed by atoms with Gasteiger partial charge in [0.15, 0.2) is 0 Å². The van der Waals surface area contributed by atoms with E-state index in [4.69, 9.17) is 9.47 Å². The molecule has 2 aromatic rings. The van der Waals surface area contributed by atoms with Crippen LogP contribution in [-0.4, -0.2) is 29.3 Å². The second-order valence-corrected chi connectivity index (χ2v) is 6.27. The van der Waals surface area contributed by atoms with Crippen LogP contribution in [-0.2, 0) is 9.53 Å². The molecule has 1 fully saturated rings. The van der Waals surface area contributed by atoms with Gasteiger partial charge in [0, 0.05) is 13.0 Å². The van der Waals surface area contributed by atoms with Crippen molar-refractivity contribution in [2.45, 2.75) is 31.8 Å². The van der Waals surface area contributed by atoms with Crippen LogP contribution in [0.2, 0.25) is 0 Å². The number of para-hydroxylation sites is 1. The van der Waals surface area contributed by atoms with Crippen molar-refractivity contribution < 1.29 is 14.3 Å². The second-order valence-electron chi connectivity index (χ2n) is 5.26. The molecule has 1 atom stereocenters. The lowest BCUT2D eigenvalue weighted by Gasteiger charge is -2.05. The molecule has 1 aromatic heterocycles. The Morgan fingerprint density at radius 1 is 1.35 bits per heavy atom. The molecule has 1 aliphatic rings. The number of anilines is 1. The molecule has 1 saturated heterocycles. The molecule has 122 valence electrons. The summed E-state index contributed by atoms with van der Waals surface area (Å²) in [5, 5.41) is 12.2. The van der Waals surface area contributed by atoms with Crippen LogP contribution in [0.4, 0.5) is 5.13 Å². The molecule has 0 bridgehead atoms. The van der Waals surface area contributed by atoms with Gasteiger partial charge in [-0.1, -0.05) is 29.5 Å². The molecule has 0 saturated carbocycles. The fourth-order valence-electron chi connectivity index (χ4n) is 2.31. The summed E-state index contributed by atoms with van der Waals surface area (Å²) in [6, 6.07) is 9.57. The van der Waals surface area contributed by atoms with E-state index in [0.717, 1.165) is 30.2 Å². The minimum atomic E-state index is -0.0725. The minimum Gasteiger partial charge on any atom is -0.494 e. The zero-order valence-electron chi connectivity index (χ0n) is 12.7. The molecular formula is C16H19N3O3S. The largest absolute Gasteiger partial charge is 0.494 e. The number of carbonyl (C=O) groups is 1. The molecule has 7 heteroatoms. The first-order valence-corrected chi connectivity index (χ1v) is 8.55. The highest BCUT2D eigenvalue weighted by molar-refractivity contribution is 7.15. The Labute approximate surface area is 138 Å². The summed E-state index contributed by atoms with van der Waals surface area (Å²) >= 11 is 1.38. The number of aromatic nitrogens is 2. The van der Waals surface area contributed by atoms with Crippen molar-refractivity contribution in [3.8, 4) is 5.75 Å². The van der Waals surface area contributed by atoms with Crippen LogP contribution < -0.4 is 10.1 Å². The van der Waals surface area contributed by atoms with E-state index in [9.17, 15) is 4.79 Å². The summed E-state index contributed by atoms with van der Waals surface area (Å²) in [5.74, 6) is 0.745. The topological polar surface area (TPSA) is 73.3 Å². The Kier molecular flexibility index (Phi) is 5.55. The molecule has 1 N–H and O–H groups in total. The van der Waals surface area contributed by atoms with Gasteiger partial charge in [0.2, 0.25) is 11.0 Å². The predicted molar refractivity (Wildman–Crippen MR) is 87.6 cm³/mol. The number of nitrogens with one attached hydrogen (secondary N) is 1. The molecule has 0 aliphatic carbocycles. The van der Waals surface area contributed by atoms with Gasteiger partial charge in [0.25, 0.3) is 0 Å². The van der Waals surface area contributed by atoms with Crippen molar-refractivity contribution in [3.63, 3.8) is 0 Å². The summed E-state index contributed by atoms with van der Waals surface area (Å²) in [7, 11) is 0. The Morgan fingerprint density at radius 2 is 2.22 bits per heavy atom. The molecule has 0 unspecified atom stereocenters. The van der Waals surface area contributed by atoms with Crippen molar-refractivity contribution >= 4 is 22.4 Å². The SMILES string of the molecule is O=C(CCCOc1ccccc1)Nc1nnc([C@@H]2CCCO2)s1. The first-order valence-electron chi connectivity index (χ1n) is 7.74. The van der Waals surface area contributed by atoms with Crippen molar-refractivity contribution in [1.29, 1.82) is 0 Å². The van der Waals surface area contributed by atoms with Crippen LogP contribution in [0.5, 0.6) is 5.75 Å². The van der Waals surface area contributed by atoms with E-state index in [1.807, 2.05) is 30.3 Å². The maximum atomic E-state index is 11.9. The fraction of sp³-hybridized carbons (Fsp3) is 0.438.